The first-order chi connectivity index (χ1) is 32.8. The average Bonchev–Trinajstić information content (AvgIpc) is 4.08. The van der Waals surface area contributed by atoms with Crippen molar-refractivity contribution in [1.29, 1.82) is 0 Å². The number of fused-ring (bicyclic) bond motifs is 1. The van der Waals surface area contributed by atoms with Crippen molar-refractivity contribution in [1.82, 2.24) is 20.9 Å². The summed E-state index contributed by atoms with van der Waals surface area (Å²) in [5.41, 5.74) is 4.97. The summed E-state index contributed by atoms with van der Waals surface area (Å²) in [5, 5.41) is 9.77. The highest BCUT2D eigenvalue weighted by molar-refractivity contribution is 6.07. The van der Waals surface area contributed by atoms with Gasteiger partial charge in [0.1, 0.15) is 5.60 Å². The molecular weight excluding hydrogens is 863 g/mol. The Balaban J connectivity index is 1.18. The van der Waals surface area contributed by atoms with Gasteiger partial charge < -0.3 is 25.6 Å². The number of ether oxygens (including phenoxy) is 1. The molecular formula is C58H85N5O6. The number of aliphatic imine (C=N–C) groups is 1. The quantitative estimate of drug-likeness (QED) is 0.0456. The van der Waals surface area contributed by atoms with Gasteiger partial charge in [0.15, 0.2) is 17.3 Å². The minimum Gasteiger partial charge on any atom is -0.444 e. The van der Waals surface area contributed by atoms with Crippen LogP contribution in [0.2, 0.25) is 0 Å². The smallest absolute Gasteiger partial charge is 0.408 e. The molecule has 0 bridgehead atoms. The van der Waals surface area contributed by atoms with Gasteiger partial charge in [-0.2, -0.15) is 0 Å². The van der Waals surface area contributed by atoms with Gasteiger partial charge in [0.25, 0.3) is 0 Å². The Bertz CT molecular complexity index is 2130. The van der Waals surface area contributed by atoms with Crippen LogP contribution in [0.5, 0.6) is 0 Å². The van der Waals surface area contributed by atoms with Crippen LogP contribution >= 0.6 is 0 Å². The second-order valence-corrected chi connectivity index (χ2v) is 22.0. The third kappa shape index (κ3) is 16.3. The van der Waals surface area contributed by atoms with Crippen molar-refractivity contribution < 1.29 is 28.7 Å². The van der Waals surface area contributed by atoms with Gasteiger partial charge in [-0.1, -0.05) is 115 Å². The molecule has 0 aliphatic carbocycles. The Morgan fingerprint density at radius 3 is 2.35 bits per heavy atom. The zero-order valence-electron chi connectivity index (χ0n) is 43.6. The minimum atomic E-state index is -0.622. The normalized spacial score (nSPS) is 19.8. The number of para-hydroxylation sites is 1. The lowest BCUT2D eigenvalue weighted by Gasteiger charge is -2.33. The van der Waals surface area contributed by atoms with Crippen LogP contribution in [0.4, 0.5) is 10.5 Å². The number of likely N-dealkylation sites (tertiary alicyclic amines) is 1. The second-order valence-electron chi connectivity index (χ2n) is 22.0. The molecule has 2 aromatic carbocycles. The van der Waals surface area contributed by atoms with E-state index < -0.39 is 29.7 Å². The van der Waals surface area contributed by atoms with Crippen molar-refractivity contribution in [3.05, 3.63) is 89.6 Å². The molecule has 3 aliphatic rings. The van der Waals surface area contributed by atoms with E-state index >= 15 is 0 Å². The SMILES string of the molecule is C=C(C(/C=C/C(CC(C)C)NC(=O)OC(C)(C)C)Cc1ccccc1)N1CCCC1C(=O)CC(C(=O)NC(CCCC)C(=O)CCCCCC(=O)c1cccc2c1N=C(C1(C)CCCN1)C2)C(C)C. The maximum atomic E-state index is 14.4. The first kappa shape index (κ1) is 55.0. The second kappa shape index (κ2) is 25.8. The van der Waals surface area contributed by atoms with Crippen LogP contribution in [-0.2, 0) is 32.0 Å². The van der Waals surface area contributed by atoms with Gasteiger partial charge in [-0.15, -0.1) is 0 Å². The molecule has 3 heterocycles. The lowest BCUT2D eigenvalue weighted by atomic mass is 9.86. The molecule has 0 saturated carbocycles. The van der Waals surface area contributed by atoms with E-state index in [9.17, 15) is 24.0 Å². The summed E-state index contributed by atoms with van der Waals surface area (Å²) < 4.78 is 5.60. The number of carbonyl (C=O) groups excluding carboxylic acids is 5. The Morgan fingerprint density at radius 1 is 0.942 bits per heavy atom. The van der Waals surface area contributed by atoms with Gasteiger partial charge in [0.2, 0.25) is 5.91 Å². The molecule has 378 valence electrons. The van der Waals surface area contributed by atoms with Crippen LogP contribution in [0, 0.1) is 23.7 Å². The molecule has 6 atom stereocenters. The molecule has 11 nitrogen and oxygen atoms in total. The van der Waals surface area contributed by atoms with Crippen molar-refractivity contribution in [3.8, 4) is 0 Å². The molecule has 0 radical (unpaired) electrons. The number of Topliss-reactive ketones (excluding diaryl/α,β-unsaturated/α-hetero) is 3. The number of amides is 2. The number of hydrogen-bond donors (Lipinski definition) is 3. The molecule has 0 spiro atoms. The number of allylic oxidation sites excluding steroid dienone is 1. The maximum absolute atomic E-state index is 14.4. The third-order valence-corrected chi connectivity index (χ3v) is 14.2. The van der Waals surface area contributed by atoms with Gasteiger partial charge in [0.05, 0.1) is 29.4 Å². The Kier molecular flexibility index (Phi) is 20.6. The van der Waals surface area contributed by atoms with Crippen LogP contribution in [0.25, 0.3) is 0 Å². The van der Waals surface area contributed by atoms with Crippen molar-refractivity contribution in [2.24, 2.45) is 28.7 Å². The zero-order chi connectivity index (χ0) is 50.3. The maximum Gasteiger partial charge on any atom is 0.408 e. The largest absolute Gasteiger partial charge is 0.444 e. The summed E-state index contributed by atoms with van der Waals surface area (Å²) in [6, 6.07) is 14.8. The number of carbonyl (C=O) groups is 5. The molecule has 2 saturated heterocycles. The number of benzene rings is 2. The van der Waals surface area contributed by atoms with E-state index in [2.05, 4.69) is 79.4 Å². The zero-order valence-corrected chi connectivity index (χ0v) is 43.6. The Hall–Kier alpha value is -4.90. The van der Waals surface area contributed by atoms with Crippen molar-refractivity contribution in [2.45, 2.75) is 194 Å². The summed E-state index contributed by atoms with van der Waals surface area (Å²) in [6.45, 7) is 24.3. The van der Waals surface area contributed by atoms with Gasteiger partial charge in [-0.3, -0.25) is 24.2 Å². The van der Waals surface area contributed by atoms with Crippen LogP contribution in [-0.4, -0.2) is 82.3 Å². The van der Waals surface area contributed by atoms with E-state index in [-0.39, 0.29) is 53.1 Å². The highest BCUT2D eigenvalue weighted by atomic mass is 16.6. The fourth-order valence-corrected chi connectivity index (χ4v) is 10.2. The summed E-state index contributed by atoms with van der Waals surface area (Å²) >= 11 is 0. The molecule has 3 aliphatic heterocycles. The standard InChI is InChI=1S/C58H85N5O6/c1-11-12-26-48(51(65)29-18-14-17-28-50(64)46-25-19-24-44-37-53(62-54(44)46)58(10)32-21-33-59-58)61-55(67)47(40(4)5)38-52(66)49-27-20-34-63(49)41(6)43(36-42-22-15-13-16-23-42)30-31-45(35-39(2)3)60-56(68)69-57(7,8)9/h13,15-16,19,22-25,30-31,39-40,43,45,47-49,59H,6,11-12,14,17-18,20-21,26-29,32-38H2,1-5,7-10H3,(H,60,68)(H,61,67)/b31-30+. The van der Waals surface area contributed by atoms with E-state index in [1.807, 2.05) is 71.0 Å². The summed E-state index contributed by atoms with van der Waals surface area (Å²) in [6.07, 6.45) is 14.6. The van der Waals surface area contributed by atoms with Gasteiger partial charge in [-0.05, 0) is 121 Å². The third-order valence-electron chi connectivity index (χ3n) is 14.2. The van der Waals surface area contributed by atoms with Crippen LogP contribution in [0.1, 0.15) is 174 Å². The number of alkyl carbamates (subject to hydrolysis) is 1. The highest BCUT2D eigenvalue weighted by Crippen LogP contribution is 2.37. The Morgan fingerprint density at radius 2 is 1.68 bits per heavy atom. The molecule has 11 heteroatoms. The summed E-state index contributed by atoms with van der Waals surface area (Å²) in [5.74, 6) is -0.704. The van der Waals surface area contributed by atoms with E-state index in [0.717, 1.165) is 86.1 Å². The molecule has 6 unspecified atom stereocenters. The van der Waals surface area contributed by atoms with Crippen LogP contribution < -0.4 is 16.0 Å². The molecule has 69 heavy (non-hydrogen) atoms. The van der Waals surface area contributed by atoms with Crippen LogP contribution in [0.15, 0.2) is 78.0 Å². The fourth-order valence-electron chi connectivity index (χ4n) is 10.2. The first-order valence-electron chi connectivity index (χ1n) is 26.3. The molecule has 5 rings (SSSR count). The molecule has 2 amide bonds. The average molecular weight is 948 g/mol. The van der Waals surface area contributed by atoms with Crippen LogP contribution in [0.3, 0.4) is 0 Å². The first-order valence-corrected chi connectivity index (χ1v) is 26.3. The molecule has 2 fully saturated rings. The van der Waals surface area contributed by atoms with E-state index in [1.165, 1.54) is 0 Å². The predicted molar refractivity (Wildman–Crippen MR) is 279 cm³/mol. The summed E-state index contributed by atoms with van der Waals surface area (Å²) in [4.78, 5) is 75.8. The topological polar surface area (TPSA) is 146 Å². The van der Waals surface area contributed by atoms with E-state index in [1.54, 1.807) is 0 Å². The van der Waals surface area contributed by atoms with Crippen molar-refractivity contribution in [3.63, 3.8) is 0 Å². The lowest BCUT2D eigenvalue weighted by molar-refractivity contribution is -0.134. The Labute approximate surface area is 414 Å². The highest BCUT2D eigenvalue weighted by Gasteiger charge is 2.38. The van der Waals surface area contributed by atoms with E-state index in [0.29, 0.717) is 63.0 Å². The number of ketones is 3. The minimum absolute atomic E-state index is 0.00132. The monoisotopic (exact) mass is 948 g/mol. The van der Waals surface area contributed by atoms with E-state index in [4.69, 9.17) is 9.73 Å². The van der Waals surface area contributed by atoms with Gasteiger partial charge in [0, 0.05) is 61.0 Å². The van der Waals surface area contributed by atoms with Crippen molar-refractivity contribution >= 4 is 40.7 Å². The molecule has 2 aromatic rings. The number of rotatable bonds is 27. The number of hydrogen-bond acceptors (Lipinski definition) is 9. The molecule has 3 N–H and O–H groups in total. The fraction of sp³-hybridized carbons (Fsp3) is 0.621. The van der Waals surface area contributed by atoms with Crippen molar-refractivity contribution in [2.75, 3.05) is 13.1 Å². The van der Waals surface area contributed by atoms with Gasteiger partial charge >= 0.3 is 6.09 Å². The number of unbranched alkanes of at least 4 members (excludes halogenated alkanes) is 3. The lowest BCUT2D eigenvalue weighted by Crippen LogP contribution is -2.46. The van der Waals surface area contributed by atoms with Gasteiger partial charge in [-0.25, -0.2) is 4.79 Å². The summed E-state index contributed by atoms with van der Waals surface area (Å²) in [7, 11) is 0. The molecule has 0 aromatic heterocycles. The number of nitrogens with zero attached hydrogens (tertiary/aromatic N) is 2. The number of nitrogens with one attached hydrogen (secondary N) is 3. The predicted octanol–water partition coefficient (Wildman–Crippen LogP) is 11.4.